The van der Waals surface area contributed by atoms with Crippen molar-refractivity contribution < 1.29 is 9.53 Å². The van der Waals surface area contributed by atoms with Crippen molar-refractivity contribution in [1.29, 1.82) is 0 Å². The molecule has 2 nitrogen and oxygen atoms in total. The number of ether oxygens (including phenoxy) is 1. The average molecular weight is 140 g/mol. The SMILES string of the molecule is C=C1CCC(=O)C(OC)C1. The normalized spacial score (nSPS) is 27.1. The highest BCUT2D eigenvalue weighted by molar-refractivity contribution is 5.84. The lowest BCUT2D eigenvalue weighted by Gasteiger charge is -2.20. The van der Waals surface area contributed by atoms with Crippen molar-refractivity contribution in [2.75, 3.05) is 7.11 Å². The van der Waals surface area contributed by atoms with Crippen LogP contribution < -0.4 is 0 Å². The summed E-state index contributed by atoms with van der Waals surface area (Å²) in [7, 11) is 1.57. The lowest BCUT2D eigenvalue weighted by molar-refractivity contribution is -0.129. The van der Waals surface area contributed by atoms with Gasteiger partial charge in [-0.1, -0.05) is 12.2 Å². The third kappa shape index (κ3) is 1.45. The third-order valence-corrected chi connectivity index (χ3v) is 1.84. The Hall–Kier alpha value is -0.630. The molecule has 1 fully saturated rings. The number of hydrogen-bond acceptors (Lipinski definition) is 2. The highest BCUT2D eigenvalue weighted by Crippen LogP contribution is 2.20. The van der Waals surface area contributed by atoms with Gasteiger partial charge in [0, 0.05) is 20.0 Å². The second kappa shape index (κ2) is 2.97. The summed E-state index contributed by atoms with van der Waals surface area (Å²) in [5.74, 6) is 0.218. The lowest BCUT2D eigenvalue weighted by Crippen LogP contribution is -2.27. The number of carbonyl (C=O) groups is 1. The van der Waals surface area contributed by atoms with Crippen LogP contribution in [0.4, 0.5) is 0 Å². The van der Waals surface area contributed by atoms with Gasteiger partial charge in [0.1, 0.15) is 6.10 Å². The van der Waals surface area contributed by atoms with Crippen molar-refractivity contribution in [3.63, 3.8) is 0 Å². The first-order valence-corrected chi connectivity index (χ1v) is 3.46. The van der Waals surface area contributed by atoms with Gasteiger partial charge in [0.25, 0.3) is 0 Å². The van der Waals surface area contributed by atoms with E-state index in [9.17, 15) is 4.79 Å². The van der Waals surface area contributed by atoms with Crippen molar-refractivity contribution in [3.05, 3.63) is 12.2 Å². The van der Waals surface area contributed by atoms with Gasteiger partial charge in [0.05, 0.1) is 0 Å². The van der Waals surface area contributed by atoms with E-state index in [1.54, 1.807) is 7.11 Å². The van der Waals surface area contributed by atoms with Crippen LogP contribution in [0.15, 0.2) is 12.2 Å². The van der Waals surface area contributed by atoms with E-state index < -0.39 is 0 Å². The quantitative estimate of drug-likeness (QED) is 0.513. The minimum atomic E-state index is -0.207. The fraction of sp³-hybridized carbons (Fsp3) is 0.625. The second-order valence-electron chi connectivity index (χ2n) is 2.64. The fourth-order valence-corrected chi connectivity index (χ4v) is 1.15. The first-order chi connectivity index (χ1) is 4.74. The van der Waals surface area contributed by atoms with E-state index in [0.29, 0.717) is 6.42 Å². The molecule has 1 rings (SSSR count). The lowest BCUT2D eigenvalue weighted by atomic mass is 9.92. The maximum absolute atomic E-state index is 11.0. The highest BCUT2D eigenvalue weighted by Gasteiger charge is 2.23. The van der Waals surface area contributed by atoms with Crippen LogP contribution in [-0.2, 0) is 9.53 Å². The third-order valence-electron chi connectivity index (χ3n) is 1.84. The van der Waals surface area contributed by atoms with Crippen molar-refractivity contribution in [3.8, 4) is 0 Å². The van der Waals surface area contributed by atoms with Gasteiger partial charge in [-0.25, -0.2) is 0 Å². The Balaban J connectivity index is 2.53. The Morgan fingerprint density at radius 3 is 2.80 bits per heavy atom. The molecule has 0 heterocycles. The van der Waals surface area contributed by atoms with E-state index in [1.807, 2.05) is 0 Å². The number of ketones is 1. The summed E-state index contributed by atoms with van der Waals surface area (Å²) in [6.45, 7) is 3.81. The van der Waals surface area contributed by atoms with E-state index in [0.717, 1.165) is 18.4 Å². The summed E-state index contributed by atoms with van der Waals surface area (Å²) in [5.41, 5.74) is 1.13. The van der Waals surface area contributed by atoms with Gasteiger partial charge in [-0.2, -0.15) is 0 Å². The number of Topliss-reactive ketones (excluding diaryl/α,β-unsaturated/α-hetero) is 1. The summed E-state index contributed by atoms with van der Waals surface area (Å²) in [6, 6.07) is 0. The van der Waals surface area contributed by atoms with Crippen LogP contribution in [0.2, 0.25) is 0 Å². The standard InChI is InChI=1S/C8H12O2/c1-6-3-4-7(9)8(5-6)10-2/h8H,1,3-5H2,2H3. The Morgan fingerprint density at radius 2 is 2.30 bits per heavy atom. The van der Waals surface area contributed by atoms with E-state index >= 15 is 0 Å². The Morgan fingerprint density at radius 1 is 1.60 bits per heavy atom. The topological polar surface area (TPSA) is 26.3 Å². The molecular weight excluding hydrogens is 128 g/mol. The maximum atomic E-state index is 11.0. The predicted molar refractivity (Wildman–Crippen MR) is 38.8 cm³/mol. The van der Waals surface area contributed by atoms with Gasteiger partial charge in [-0.05, 0) is 6.42 Å². The van der Waals surface area contributed by atoms with Gasteiger partial charge >= 0.3 is 0 Å². The molecule has 0 aromatic heterocycles. The Kier molecular flexibility index (Phi) is 2.22. The fourth-order valence-electron chi connectivity index (χ4n) is 1.15. The predicted octanol–water partition coefficient (Wildman–Crippen LogP) is 1.31. The summed E-state index contributed by atoms with van der Waals surface area (Å²) >= 11 is 0. The molecule has 0 aliphatic heterocycles. The molecule has 0 amide bonds. The van der Waals surface area contributed by atoms with E-state index in [4.69, 9.17) is 4.74 Å². The number of methoxy groups -OCH3 is 1. The van der Waals surface area contributed by atoms with Crippen LogP contribution in [0.25, 0.3) is 0 Å². The molecule has 0 aromatic carbocycles. The van der Waals surface area contributed by atoms with E-state index in [2.05, 4.69) is 6.58 Å². The molecule has 1 atom stereocenters. The second-order valence-corrected chi connectivity index (χ2v) is 2.64. The van der Waals surface area contributed by atoms with Gasteiger partial charge in [0.15, 0.2) is 5.78 Å². The number of carbonyl (C=O) groups excluding carboxylic acids is 1. The molecule has 1 aliphatic carbocycles. The summed E-state index contributed by atoms with van der Waals surface area (Å²) in [5, 5.41) is 0. The summed E-state index contributed by atoms with van der Waals surface area (Å²) < 4.78 is 4.96. The molecule has 10 heavy (non-hydrogen) atoms. The first kappa shape index (κ1) is 7.48. The Bertz CT molecular complexity index is 161. The van der Waals surface area contributed by atoms with Crippen molar-refractivity contribution in [2.24, 2.45) is 0 Å². The zero-order valence-electron chi connectivity index (χ0n) is 6.22. The molecule has 0 radical (unpaired) electrons. The molecule has 0 N–H and O–H groups in total. The van der Waals surface area contributed by atoms with Crippen LogP contribution in [0, 0.1) is 0 Å². The average Bonchev–Trinajstić information content (AvgIpc) is 1.94. The molecule has 1 saturated carbocycles. The zero-order chi connectivity index (χ0) is 7.56. The van der Waals surface area contributed by atoms with Gasteiger partial charge < -0.3 is 4.74 Å². The van der Waals surface area contributed by atoms with Crippen LogP contribution >= 0.6 is 0 Å². The zero-order valence-corrected chi connectivity index (χ0v) is 6.22. The largest absolute Gasteiger partial charge is 0.373 e. The van der Waals surface area contributed by atoms with E-state index in [-0.39, 0.29) is 11.9 Å². The molecule has 1 unspecified atom stereocenters. The van der Waals surface area contributed by atoms with E-state index in [1.165, 1.54) is 0 Å². The van der Waals surface area contributed by atoms with Gasteiger partial charge in [-0.15, -0.1) is 0 Å². The molecule has 0 aromatic rings. The van der Waals surface area contributed by atoms with Gasteiger partial charge in [0.2, 0.25) is 0 Å². The first-order valence-electron chi connectivity index (χ1n) is 3.46. The molecular formula is C8H12O2. The minimum Gasteiger partial charge on any atom is -0.373 e. The minimum absolute atomic E-state index is 0.207. The van der Waals surface area contributed by atoms with Crippen LogP contribution in [-0.4, -0.2) is 19.0 Å². The van der Waals surface area contributed by atoms with Crippen LogP contribution in [0.5, 0.6) is 0 Å². The summed E-state index contributed by atoms with van der Waals surface area (Å²) in [6.07, 6.45) is 1.96. The molecule has 2 heteroatoms. The number of hydrogen-bond donors (Lipinski definition) is 0. The summed E-state index contributed by atoms with van der Waals surface area (Å²) in [4.78, 5) is 11.0. The van der Waals surface area contributed by atoms with Crippen molar-refractivity contribution in [1.82, 2.24) is 0 Å². The monoisotopic (exact) mass is 140 g/mol. The van der Waals surface area contributed by atoms with Crippen molar-refractivity contribution >= 4 is 5.78 Å². The molecule has 1 aliphatic rings. The smallest absolute Gasteiger partial charge is 0.162 e. The molecule has 56 valence electrons. The Labute approximate surface area is 60.9 Å². The molecule has 0 saturated heterocycles. The molecule has 0 bridgehead atoms. The van der Waals surface area contributed by atoms with Crippen LogP contribution in [0.3, 0.4) is 0 Å². The molecule has 0 spiro atoms. The van der Waals surface area contributed by atoms with Crippen LogP contribution in [0.1, 0.15) is 19.3 Å². The highest BCUT2D eigenvalue weighted by atomic mass is 16.5. The van der Waals surface area contributed by atoms with Gasteiger partial charge in [-0.3, -0.25) is 4.79 Å². The maximum Gasteiger partial charge on any atom is 0.162 e. The number of rotatable bonds is 1. The van der Waals surface area contributed by atoms with Crippen molar-refractivity contribution in [2.45, 2.75) is 25.4 Å².